The van der Waals surface area contributed by atoms with Crippen LogP contribution in [0.2, 0.25) is 0 Å². The number of rotatable bonds is 9. The number of ether oxygens (including phenoxy) is 2. The standard InChI is InChI=1S/C17H17N3O4S2/c1-22-12-5-2-3-6-13(12)23-9-8-18-15(21)11-26-17-20-19-16(24-17)14-7-4-10-25-14/h2-7,10H,8-9,11H2,1H3,(H,18,21). The molecule has 3 aromatic rings. The van der Waals surface area contributed by atoms with E-state index >= 15 is 0 Å². The summed E-state index contributed by atoms with van der Waals surface area (Å²) in [6.07, 6.45) is 0. The van der Waals surface area contributed by atoms with Crippen molar-refractivity contribution in [3.05, 3.63) is 41.8 Å². The van der Waals surface area contributed by atoms with Crippen LogP contribution in [0.4, 0.5) is 0 Å². The van der Waals surface area contributed by atoms with Gasteiger partial charge in [0.1, 0.15) is 6.61 Å². The number of carbonyl (C=O) groups is 1. The first-order valence-corrected chi connectivity index (χ1v) is 9.65. The average molecular weight is 391 g/mol. The molecule has 0 aliphatic carbocycles. The van der Waals surface area contributed by atoms with Gasteiger partial charge in [-0.25, -0.2) is 0 Å². The molecule has 0 spiro atoms. The quantitative estimate of drug-likeness (QED) is 0.443. The molecule has 2 aromatic heterocycles. The molecule has 1 amide bonds. The second-order valence-corrected chi connectivity index (χ2v) is 6.86. The normalized spacial score (nSPS) is 10.5. The van der Waals surface area contributed by atoms with E-state index in [2.05, 4.69) is 15.5 Å². The molecule has 0 bridgehead atoms. The Bertz CT molecular complexity index is 836. The Balaban J connectivity index is 1.37. The first-order chi connectivity index (χ1) is 12.8. The van der Waals surface area contributed by atoms with Gasteiger partial charge in [0, 0.05) is 0 Å². The number of thiophene rings is 1. The van der Waals surface area contributed by atoms with E-state index in [0.717, 1.165) is 4.88 Å². The van der Waals surface area contributed by atoms with Gasteiger partial charge in [-0.1, -0.05) is 30.0 Å². The van der Waals surface area contributed by atoms with Gasteiger partial charge in [-0.2, -0.15) is 0 Å². The van der Waals surface area contributed by atoms with Gasteiger partial charge in [0.25, 0.3) is 11.1 Å². The van der Waals surface area contributed by atoms with Gasteiger partial charge in [-0.15, -0.1) is 21.5 Å². The first kappa shape index (κ1) is 18.3. The predicted molar refractivity (Wildman–Crippen MR) is 99.8 cm³/mol. The minimum atomic E-state index is -0.130. The molecule has 26 heavy (non-hydrogen) atoms. The zero-order valence-corrected chi connectivity index (χ0v) is 15.6. The summed E-state index contributed by atoms with van der Waals surface area (Å²) in [6.45, 7) is 0.738. The van der Waals surface area contributed by atoms with Crippen molar-refractivity contribution in [2.45, 2.75) is 5.22 Å². The largest absolute Gasteiger partial charge is 0.493 e. The van der Waals surface area contributed by atoms with Gasteiger partial charge in [-0.05, 0) is 23.6 Å². The van der Waals surface area contributed by atoms with Crippen molar-refractivity contribution < 1.29 is 18.7 Å². The Labute approximate surface area is 158 Å². The Morgan fingerprint density at radius 1 is 1.23 bits per heavy atom. The maximum Gasteiger partial charge on any atom is 0.277 e. The maximum absolute atomic E-state index is 11.9. The fourth-order valence-electron chi connectivity index (χ4n) is 2.04. The van der Waals surface area contributed by atoms with Crippen molar-refractivity contribution in [3.8, 4) is 22.3 Å². The second kappa shape index (κ2) is 9.25. The summed E-state index contributed by atoms with van der Waals surface area (Å²) >= 11 is 2.72. The molecule has 0 aliphatic rings. The molecular weight excluding hydrogens is 374 g/mol. The van der Waals surface area contributed by atoms with Crippen LogP contribution in [0, 0.1) is 0 Å². The predicted octanol–water partition coefficient (Wildman–Crippen LogP) is 3.09. The molecule has 1 N–H and O–H groups in total. The Morgan fingerprint density at radius 2 is 2.08 bits per heavy atom. The second-order valence-electron chi connectivity index (χ2n) is 4.99. The lowest BCUT2D eigenvalue weighted by Gasteiger charge is -2.10. The Kier molecular flexibility index (Phi) is 6.50. The van der Waals surface area contributed by atoms with Crippen molar-refractivity contribution in [2.24, 2.45) is 0 Å². The lowest BCUT2D eigenvalue weighted by Crippen LogP contribution is -2.29. The van der Waals surface area contributed by atoms with Gasteiger partial charge >= 0.3 is 0 Å². The van der Waals surface area contributed by atoms with Gasteiger partial charge in [0.2, 0.25) is 5.91 Å². The maximum atomic E-state index is 11.9. The van der Waals surface area contributed by atoms with Crippen molar-refractivity contribution in [1.29, 1.82) is 0 Å². The van der Waals surface area contributed by atoms with E-state index < -0.39 is 0 Å². The number of methoxy groups -OCH3 is 1. The van der Waals surface area contributed by atoms with Crippen molar-refractivity contribution in [1.82, 2.24) is 15.5 Å². The number of hydrogen-bond donors (Lipinski definition) is 1. The molecule has 1 aromatic carbocycles. The van der Waals surface area contributed by atoms with Crippen LogP contribution in [0.15, 0.2) is 51.4 Å². The molecule has 3 rings (SSSR count). The van der Waals surface area contributed by atoms with E-state index in [-0.39, 0.29) is 11.7 Å². The fraction of sp³-hybridized carbons (Fsp3) is 0.235. The van der Waals surface area contributed by atoms with Crippen LogP contribution in [-0.2, 0) is 4.79 Å². The molecule has 2 heterocycles. The van der Waals surface area contributed by atoms with Crippen LogP contribution in [-0.4, -0.2) is 42.1 Å². The fourth-order valence-corrected chi connectivity index (χ4v) is 3.27. The summed E-state index contributed by atoms with van der Waals surface area (Å²) in [5, 5.41) is 13.0. The monoisotopic (exact) mass is 391 g/mol. The smallest absolute Gasteiger partial charge is 0.277 e. The zero-order valence-electron chi connectivity index (χ0n) is 14.0. The number of para-hydroxylation sites is 2. The molecule has 0 radical (unpaired) electrons. The Hall–Kier alpha value is -2.52. The molecule has 0 atom stereocenters. The summed E-state index contributed by atoms with van der Waals surface area (Å²) < 4.78 is 16.3. The van der Waals surface area contributed by atoms with Gasteiger partial charge < -0.3 is 19.2 Å². The molecule has 0 saturated carbocycles. The molecule has 7 nitrogen and oxygen atoms in total. The van der Waals surface area contributed by atoms with Crippen LogP contribution >= 0.6 is 23.1 Å². The summed E-state index contributed by atoms with van der Waals surface area (Å²) in [5.41, 5.74) is 0. The number of benzene rings is 1. The summed E-state index contributed by atoms with van der Waals surface area (Å²) in [4.78, 5) is 12.8. The van der Waals surface area contributed by atoms with Crippen molar-refractivity contribution in [3.63, 3.8) is 0 Å². The highest BCUT2D eigenvalue weighted by Crippen LogP contribution is 2.26. The van der Waals surface area contributed by atoms with Crippen LogP contribution in [0.25, 0.3) is 10.8 Å². The minimum Gasteiger partial charge on any atom is -0.493 e. The first-order valence-electron chi connectivity index (χ1n) is 7.79. The topological polar surface area (TPSA) is 86.5 Å². The highest BCUT2D eigenvalue weighted by molar-refractivity contribution is 7.99. The molecular formula is C17H17N3O4S2. The number of nitrogens with zero attached hydrogens (tertiary/aromatic N) is 2. The average Bonchev–Trinajstić information content (AvgIpc) is 3.35. The van der Waals surface area contributed by atoms with Crippen LogP contribution in [0.5, 0.6) is 11.5 Å². The van der Waals surface area contributed by atoms with Crippen LogP contribution < -0.4 is 14.8 Å². The molecule has 0 unspecified atom stereocenters. The number of thioether (sulfide) groups is 1. The third-order valence-electron chi connectivity index (χ3n) is 3.22. The zero-order chi connectivity index (χ0) is 18.2. The lowest BCUT2D eigenvalue weighted by atomic mass is 10.3. The minimum absolute atomic E-state index is 0.130. The van der Waals surface area contributed by atoms with Gasteiger partial charge in [0.05, 0.1) is 24.3 Å². The van der Waals surface area contributed by atoms with Crippen LogP contribution in [0.1, 0.15) is 0 Å². The lowest BCUT2D eigenvalue weighted by molar-refractivity contribution is -0.118. The van der Waals surface area contributed by atoms with Crippen molar-refractivity contribution >= 4 is 29.0 Å². The van der Waals surface area contributed by atoms with E-state index in [9.17, 15) is 4.79 Å². The number of aromatic nitrogens is 2. The molecule has 9 heteroatoms. The highest BCUT2D eigenvalue weighted by atomic mass is 32.2. The number of hydrogen-bond acceptors (Lipinski definition) is 8. The number of carbonyl (C=O) groups excluding carboxylic acids is 1. The SMILES string of the molecule is COc1ccccc1OCCNC(=O)CSc1nnc(-c2cccs2)o1. The third-order valence-corrected chi connectivity index (χ3v) is 4.89. The molecule has 0 aliphatic heterocycles. The van der Waals surface area contributed by atoms with E-state index in [1.165, 1.54) is 23.1 Å². The van der Waals surface area contributed by atoms with Gasteiger partial charge in [-0.3, -0.25) is 4.79 Å². The number of amides is 1. The van der Waals surface area contributed by atoms with E-state index in [1.807, 2.05) is 41.8 Å². The molecule has 136 valence electrons. The van der Waals surface area contributed by atoms with E-state index in [1.54, 1.807) is 7.11 Å². The Morgan fingerprint density at radius 3 is 2.85 bits per heavy atom. The summed E-state index contributed by atoms with van der Waals surface area (Å²) in [5.74, 6) is 1.83. The van der Waals surface area contributed by atoms with Gasteiger partial charge in [0.15, 0.2) is 11.5 Å². The third kappa shape index (κ3) is 4.99. The summed E-state index contributed by atoms with van der Waals surface area (Å²) in [7, 11) is 1.59. The summed E-state index contributed by atoms with van der Waals surface area (Å²) in [6, 6.07) is 11.2. The van der Waals surface area contributed by atoms with Crippen molar-refractivity contribution in [2.75, 3.05) is 26.0 Å². The van der Waals surface area contributed by atoms with E-state index in [0.29, 0.717) is 35.8 Å². The highest BCUT2D eigenvalue weighted by Gasteiger charge is 2.11. The van der Waals surface area contributed by atoms with Crippen LogP contribution in [0.3, 0.4) is 0 Å². The van der Waals surface area contributed by atoms with E-state index in [4.69, 9.17) is 13.9 Å². The number of nitrogens with one attached hydrogen (secondary N) is 1. The molecule has 0 fully saturated rings. The molecule has 0 saturated heterocycles.